The summed E-state index contributed by atoms with van der Waals surface area (Å²) in [5, 5.41) is 18.2. The number of esters is 2. The fourth-order valence-corrected chi connectivity index (χ4v) is 4.62. The van der Waals surface area contributed by atoms with E-state index in [1.54, 1.807) is 31.2 Å². The van der Waals surface area contributed by atoms with Gasteiger partial charge in [0, 0.05) is 11.1 Å². The lowest BCUT2D eigenvalue weighted by Gasteiger charge is -2.29. The van der Waals surface area contributed by atoms with Gasteiger partial charge in [0.15, 0.2) is 0 Å². The van der Waals surface area contributed by atoms with Crippen LogP contribution in [0.3, 0.4) is 0 Å². The molecule has 244 valence electrons. The highest BCUT2D eigenvalue weighted by molar-refractivity contribution is 5.98. The zero-order chi connectivity index (χ0) is 33.4. The number of unbranched alkanes of at least 4 members (excludes halogenated alkanes) is 2. The first-order chi connectivity index (χ1) is 21.6. The third-order valence-electron chi connectivity index (χ3n) is 7.11. The maximum Gasteiger partial charge on any atom is 0.328 e. The quantitative estimate of drug-likeness (QED) is 0.0475. The Morgan fingerprint density at radius 3 is 2.27 bits per heavy atom. The lowest BCUT2D eigenvalue weighted by atomic mass is 9.90. The number of carbonyl (C=O) groups is 6. The first-order valence-electron chi connectivity index (χ1n) is 14.6. The van der Waals surface area contributed by atoms with E-state index in [0.29, 0.717) is 29.2 Å². The summed E-state index contributed by atoms with van der Waals surface area (Å²) in [4.78, 5) is 77.6. The van der Waals surface area contributed by atoms with Crippen molar-refractivity contribution in [3.05, 3.63) is 53.7 Å². The average molecular weight is 628 g/mol. The number of carbonyl (C=O) groups excluding carboxylic acids is 6. The second kappa shape index (κ2) is 18.7. The van der Waals surface area contributed by atoms with Crippen molar-refractivity contribution in [2.45, 2.75) is 64.5 Å². The van der Waals surface area contributed by atoms with Crippen molar-refractivity contribution in [2.24, 2.45) is 5.92 Å². The second-order valence-corrected chi connectivity index (χ2v) is 10.1. The van der Waals surface area contributed by atoms with Gasteiger partial charge < -0.3 is 25.4 Å². The van der Waals surface area contributed by atoms with Crippen LogP contribution in [0.1, 0.15) is 73.2 Å². The lowest BCUT2D eigenvalue weighted by Crippen LogP contribution is -2.47. The Morgan fingerprint density at radius 2 is 1.67 bits per heavy atom. The van der Waals surface area contributed by atoms with Gasteiger partial charge in [0.25, 0.3) is 11.8 Å². The Balaban J connectivity index is 2.05. The van der Waals surface area contributed by atoms with Crippen LogP contribution in [0, 0.1) is 5.92 Å². The van der Waals surface area contributed by atoms with Crippen LogP contribution in [-0.2, 0) is 28.7 Å². The van der Waals surface area contributed by atoms with Crippen molar-refractivity contribution in [3.8, 4) is 11.3 Å². The Hall–Kier alpha value is -4.85. The zero-order valence-electron chi connectivity index (χ0n) is 25.9. The molecule has 4 N–H and O–H groups in total. The SMILES string of the molecule is CCCCCC(C(=O)NCNC(=O)c1cccc(-c2ccc(C(=O)NC(CC(=O)OC)C(=O)OC)cc2)n1)C(CC)N(O)C=O. The predicted octanol–water partition coefficient (Wildman–Crippen LogP) is 2.21. The topological polar surface area (TPSA) is 193 Å². The number of hydrogen-bond donors (Lipinski definition) is 4. The Labute approximate surface area is 261 Å². The highest BCUT2D eigenvalue weighted by Crippen LogP contribution is 2.21. The van der Waals surface area contributed by atoms with Crippen LogP contribution in [0.5, 0.6) is 0 Å². The normalized spacial score (nSPS) is 12.6. The molecule has 0 fully saturated rings. The first-order valence-corrected chi connectivity index (χ1v) is 14.6. The van der Waals surface area contributed by atoms with E-state index in [4.69, 9.17) is 0 Å². The Kier molecular flexibility index (Phi) is 15.1. The minimum atomic E-state index is -1.22. The molecule has 0 aliphatic heterocycles. The van der Waals surface area contributed by atoms with Crippen LogP contribution < -0.4 is 16.0 Å². The summed E-state index contributed by atoms with van der Waals surface area (Å²) in [6.45, 7) is 3.61. The van der Waals surface area contributed by atoms with E-state index in [1.165, 1.54) is 25.3 Å². The first kappa shape index (κ1) is 36.3. The summed E-state index contributed by atoms with van der Waals surface area (Å²) in [5.41, 5.74) is 1.33. The van der Waals surface area contributed by atoms with Gasteiger partial charge in [-0.15, -0.1) is 0 Å². The van der Waals surface area contributed by atoms with Crippen LogP contribution >= 0.6 is 0 Å². The molecular formula is C31H41N5O9. The number of methoxy groups -OCH3 is 2. The Morgan fingerprint density at radius 1 is 0.956 bits per heavy atom. The minimum absolute atomic E-state index is 0.0840. The Bertz CT molecular complexity index is 1320. The van der Waals surface area contributed by atoms with Crippen LogP contribution in [0.4, 0.5) is 0 Å². The summed E-state index contributed by atoms with van der Waals surface area (Å²) < 4.78 is 9.21. The molecule has 4 amide bonds. The van der Waals surface area contributed by atoms with Gasteiger partial charge in [-0.3, -0.25) is 29.2 Å². The smallest absolute Gasteiger partial charge is 0.328 e. The largest absolute Gasteiger partial charge is 0.469 e. The van der Waals surface area contributed by atoms with Crippen molar-refractivity contribution in [1.29, 1.82) is 0 Å². The maximum absolute atomic E-state index is 13.0. The number of hydrogen-bond acceptors (Lipinski definition) is 10. The number of nitrogens with one attached hydrogen (secondary N) is 3. The van der Waals surface area contributed by atoms with Gasteiger partial charge in [0.1, 0.15) is 11.7 Å². The molecule has 0 spiro atoms. The standard InChI is InChI=1S/C31H41N5O9/c1-5-7-8-10-22(26(6-2)36(43)19-37)29(40)32-18-33-30(41)24-12-9-11-23(34-24)20-13-15-21(16-14-20)28(39)35-25(31(42)45-4)17-27(38)44-3/h9,11-16,19,22,25-26,43H,5-8,10,17-18H2,1-4H3,(H,32,40)(H,33,41)(H,35,39). The zero-order valence-corrected chi connectivity index (χ0v) is 25.9. The average Bonchev–Trinajstić information content (AvgIpc) is 3.06. The summed E-state index contributed by atoms with van der Waals surface area (Å²) in [6, 6.07) is 9.12. The van der Waals surface area contributed by atoms with Gasteiger partial charge in [0.05, 0.1) is 45.0 Å². The van der Waals surface area contributed by atoms with Crippen molar-refractivity contribution >= 4 is 36.1 Å². The van der Waals surface area contributed by atoms with Crippen LogP contribution in [0.15, 0.2) is 42.5 Å². The van der Waals surface area contributed by atoms with Gasteiger partial charge >= 0.3 is 11.9 Å². The van der Waals surface area contributed by atoms with E-state index in [9.17, 15) is 34.0 Å². The molecule has 2 rings (SSSR count). The lowest BCUT2D eigenvalue weighted by molar-refractivity contribution is -0.168. The van der Waals surface area contributed by atoms with Crippen molar-refractivity contribution in [2.75, 3.05) is 20.9 Å². The van der Waals surface area contributed by atoms with Crippen LogP contribution in [-0.4, -0.2) is 84.3 Å². The van der Waals surface area contributed by atoms with Crippen molar-refractivity contribution < 1.29 is 43.4 Å². The fourth-order valence-electron chi connectivity index (χ4n) is 4.62. The molecule has 0 radical (unpaired) electrons. The molecule has 1 heterocycles. The maximum atomic E-state index is 13.0. The van der Waals surface area contributed by atoms with Gasteiger partial charge in [0.2, 0.25) is 12.3 Å². The molecule has 0 saturated carbocycles. The highest BCUT2D eigenvalue weighted by atomic mass is 16.5. The third-order valence-corrected chi connectivity index (χ3v) is 7.11. The molecule has 0 aliphatic rings. The van der Waals surface area contributed by atoms with Crippen molar-refractivity contribution in [3.63, 3.8) is 0 Å². The highest BCUT2D eigenvalue weighted by Gasteiger charge is 2.30. The van der Waals surface area contributed by atoms with E-state index < -0.39 is 54.1 Å². The summed E-state index contributed by atoms with van der Waals surface area (Å²) >= 11 is 0. The molecule has 3 atom stereocenters. The minimum Gasteiger partial charge on any atom is -0.469 e. The summed E-state index contributed by atoms with van der Waals surface area (Å²) in [7, 11) is 2.30. The van der Waals surface area contributed by atoms with E-state index in [1.807, 2.05) is 6.92 Å². The number of rotatable bonds is 18. The number of ether oxygens (including phenoxy) is 2. The van der Waals surface area contributed by atoms with E-state index >= 15 is 0 Å². The summed E-state index contributed by atoms with van der Waals surface area (Å²) in [5.74, 6) is -3.69. The molecule has 0 aliphatic carbocycles. The monoisotopic (exact) mass is 627 g/mol. The number of nitrogens with zero attached hydrogens (tertiary/aromatic N) is 2. The molecule has 0 bridgehead atoms. The number of pyridine rings is 1. The van der Waals surface area contributed by atoms with E-state index in [0.717, 1.165) is 26.4 Å². The fraction of sp³-hybridized carbons (Fsp3) is 0.452. The molecular weight excluding hydrogens is 586 g/mol. The molecule has 2 aromatic rings. The summed E-state index contributed by atoms with van der Waals surface area (Å²) in [6.07, 6.45) is 3.32. The van der Waals surface area contributed by atoms with Gasteiger partial charge in [-0.05, 0) is 37.1 Å². The van der Waals surface area contributed by atoms with Gasteiger partial charge in [-0.2, -0.15) is 0 Å². The molecule has 0 saturated heterocycles. The van der Waals surface area contributed by atoms with Crippen LogP contribution in [0.2, 0.25) is 0 Å². The third kappa shape index (κ3) is 11.0. The van der Waals surface area contributed by atoms with E-state index in [-0.39, 0.29) is 24.3 Å². The molecule has 14 nitrogen and oxygen atoms in total. The number of amides is 4. The van der Waals surface area contributed by atoms with Crippen LogP contribution in [0.25, 0.3) is 11.3 Å². The number of hydroxylamine groups is 2. The molecule has 1 aromatic carbocycles. The van der Waals surface area contributed by atoms with Crippen molar-refractivity contribution in [1.82, 2.24) is 26.0 Å². The second-order valence-electron chi connectivity index (χ2n) is 10.1. The molecule has 1 aromatic heterocycles. The molecule has 3 unspecified atom stereocenters. The molecule has 14 heteroatoms. The number of aromatic nitrogens is 1. The number of benzene rings is 1. The van der Waals surface area contributed by atoms with E-state index in [2.05, 4.69) is 30.4 Å². The van der Waals surface area contributed by atoms with Gasteiger partial charge in [-0.25, -0.2) is 14.8 Å². The molecule has 45 heavy (non-hydrogen) atoms. The van der Waals surface area contributed by atoms with Gasteiger partial charge in [-0.1, -0.05) is 51.3 Å². The predicted molar refractivity (Wildman–Crippen MR) is 161 cm³/mol.